The zero-order valence-corrected chi connectivity index (χ0v) is 14.7. The summed E-state index contributed by atoms with van der Waals surface area (Å²) in [4.78, 5) is 37.9. The first-order valence-corrected chi connectivity index (χ1v) is 9.12. The van der Waals surface area contributed by atoms with E-state index < -0.39 is 17.5 Å². The van der Waals surface area contributed by atoms with Gasteiger partial charge in [0.05, 0.1) is 0 Å². The van der Waals surface area contributed by atoms with Crippen molar-refractivity contribution >= 4 is 28.7 Å². The van der Waals surface area contributed by atoms with Crippen LogP contribution in [0.4, 0.5) is 4.79 Å². The van der Waals surface area contributed by atoms with E-state index in [1.54, 1.807) is 6.07 Å². The molecule has 2 fully saturated rings. The summed E-state index contributed by atoms with van der Waals surface area (Å²) < 4.78 is 1.87. The number of aryl methyl sites for hydroxylation is 1. The molecule has 26 heavy (non-hydrogen) atoms. The number of hydrogen-bond donors (Lipinski definition) is 2. The molecule has 7 heteroatoms. The lowest BCUT2D eigenvalue weighted by molar-refractivity contribution is -0.134. The van der Waals surface area contributed by atoms with Gasteiger partial charge in [-0.1, -0.05) is 37.5 Å². The van der Waals surface area contributed by atoms with E-state index >= 15 is 0 Å². The van der Waals surface area contributed by atoms with Crippen LogP contribution < -0.4 is 10.7 Å². The first kappa shape index (κ1) is 16.6. The molecule has 1 aromatic carbocycles. The Morgan fingerprint density at radius 3 is 2.65 bits per heavy atom. The first-order chi connectivity index (χ1) is 12.6. The molecular formula is C19H22N4O3. The minimum Gasteiger partial charge on any atom is -0.337 e. The molecule has 2 N–H and O–H groups in total. The minimum atomic E-state index is -0.847. The van der Waals surface area contributed by atoms with Crippen LogP contribution in [-0.2, 0) is 11.3 Å². The quantitative estimate of drug-likeness (QED) is 0.831. The Morgan fingerprint density at radius 1 is 1.19 bits per heavy atom. The lowest BCUT2D eigenvalue weighted by Crippen LogP contribution is -2.51. The van der Waals surface area contributed by atoms with Crippen LogP contribution >= 0.6 is 0 Å². The van der Waals surface area contributed by atoms with E-state index in [9.17, 15) is 14.4 Å². The molecule has 0 bridgehead atoms. The molecule has 2 heterocycles. The molecule has 4 rings (SSSR count). The summed E-state index contributed by atoms with van der Waals surface area (Å²) in [6.07, 6.45) is 4.11. The summed E-state index contributed by atoms with van der Waals surface area (Å²) in [5.74, 6) is -0.811. The second-order valence-corrected chi connectivity index (χ2v) is 6.99. The van der Waals surface area contributed by atoms with E-state index in [4.69, 9.17) is 0 Å². The zero-order valence-electron chi connectivity index (χ0n) is 14.7. The van der Waals surface area contributed by atoms with Crippen molar-refractivity contribution in [1.82, 2.24) is 20.3 Å². The van der Waals surface area contributed by atoms with Crippen molar-refractivity contribution in [3.8, 4) is 0 Å². The van der Waals surface area contributed by atoms with E-state index in [0.717, 1.165) is 35.2 Å². The minimum absolute atomic E-state index is 0.352. The third kappa shape index (κ3) is 2.46. The number of benzene rings is 1. The normalized spacial score (nSPS) is 19.2. The van der Waals surface area contributed by atoms with Crippen molar-refractivity contribution in [2.45, 2.75) is 51.1 Å². The summed E-state index contributed by atoms with van der Waals surface area (Å²) in [7, 11) is 0. The molecule has 0 atom stereocenters. The predicted molar refractivity (Wildman–Crippen MR) is 96.3 cm³/mol. The van der Waals surface area contributed by atoms with Gasteiger partial charge in [0.25, 0.3) is 11.8 Å². The molecule has 1 aliphatic carbocycles. The van der Waals surface area contributed by atoms with Gasteiger partial charge in [-0.15, -0.1) is 0 Å². The topological polar surface area (TPSA) is 83.4 Å². The second kappa shape index (κ2) is 6.16. The number of para-hydroxylation sites is 1. The number of imide groups is 1. The number of carbonyl (C=O) groups is 3. The Hall–Kier alpha value is -2.83. The van der Waals surface area contributed by atoms with E-state index in [0.29, 0.717) is 25.1 Å². The average molecular weight is 354 g/mol. The summed E-state index contributed by atoms with van der Waals surface area (Å²) in [6, 6.07) is 8.94. The highest BCUT2D eigenvalue weighted by atomic mass is 16.2. The number of hydrogen-bond acceptors (Lipinski definition) is 3. The molecule has 136 valence electrons. The smallest absolute Gasteiger partial charge is 0.337 e. The number of nitrogens with one attached hydrogen (secondary N) is 2. The summed E-state index contributed by atoms with van der Waals surface area (Å²) in [5, 5.41) is 4.59. The van der Waals surface area contributed by atoms with Gasteiger partial charge < -0.3 is 9.88 Å². The van der Waals surface area contributed by atoms with E-state index in [-0.39, 0.29) is 5.91 Å². The van der Waals surface area contributed by atoms with Crippen LogP contribution in [0.2, 0.25) is 0 Å². The number of fused-ring (bicyclic) bond motifs is 1. The molecule has 0 radical (unpaired) electrons. The maximum Gasteiger partial charge on any atom is 0.344 e. The lowest BCUT2D eigenvalue weighted by Gasteiger charge is -2.30. The third-order valence-corrected chi connectivity index (χ3v) is 5.44. The molecule has 0 unspecified atom stereocenters. The fourth-order valence-electron chi connectivity index (χ4n) is 4.11. The van der Waals surface area contributed by atoms with Gasteiger partial charge in [0, 0.05) is 17.4 Å². The fourth-order valence-corrected chi connectivity index (χ4v) is 4.11. The number of nitrogens with zero attached hydrogens (tertiary/aromatic N) is 2. The molecule has 1 aliphatic heterocycles. The Balaban J connectivity index is 1.60. The Morgan fingerprint density at radius 2 is 1.92 bits per heavy atom. The van der Waals surface area contributed by atoms with Crippen molar-refractivity contribution in [2.75, 3.05) is 0 Å². The zero-order chi connectivity index (χ0) is 18.3. The van der Waals surface area contributed by atoms with Gasteiger partial charge >= 0.3 is 6.03 Å². The van der Waals surface area contributed by atoms with Gasteiger partial charge in [0.1, 0.15) is 11.2 Å². The SMILES string of the molecule is CCn1c(C(=O)NN2C(=O)NC3(CCCCC3)C2=O)cc2ccccc21. The first-order valence-electron chi connectivity index (χ1n) is 9.12. The van der Waals surface area contributed by atoms with E-state index in [2.05, 4.69) is 10.7 Å². The van der Waals surface area contributed by atoms with Gasteiger partial charge in [0.15, 0.2) is 0 Å². The highest BCUT2D eigenvalue weighted by molar-refractivity contribution is 6.09. The number of amides is 4. The highest BCUT2D eigenvalue weighted by Gasteiger charge is 2.52. The van der Waals surface area contributed by atoms with Crippen LogP contribution in [0.25, 0.3) is 10.9 Å². The standard InChI is InChI=1S/C19H22N4O3/c1-2-22-14-9-5-4-8-13(14)12-15(22)16(24)21-23-17(25)19(20-18(23)26)10-6-3-7-11-19/h4-5,8-9,12H,2-3,6-7,10-11H2,1H3,(H,20,26)(H,21,24). The molecule has 1 saturated carbocycles. The van der Waals surface area contributed by atoms with Gasteiger partial charge in [0.2, 0.25) is 0 Å². The van der Waals surface area contributed by atoms with Gasteiger partial charge in [-0.05, 0) is 31.9 Å². The Labute approximate surface area is 151 Å². The number of rotatable bonds is 3. The lowest BCUT2D eigenvalue weighted by atomic mass is 9.82. The molecule has 1 spiro atoms. The van der Waals surface area contributed by atoms with E-state index in [1.165, 1.54) is 0 Å². The molecule has 4 amide bonds. The maximum atomic E-state index is 12.8. The summed E-state index contributed by atoms with van der Waals surface area (Å²) in [6.45, 7) is 2.56. The number of hydrazine groups is 1. The molecular weight excluding hydrogens is 332 g/mol. The monoisotopic (exact) mass is 354 g/mol. The number of aromatic nitrogens is 1. The summed E-state index contributed by atoms with van der Waals surface area (Å²) in [5.41, 5.74) is 3.04. The highest BCUT2D eigenvalue weighted by Crippen LogP contribution is 2.33. The molecule has 2 aliphatic rings. The van der Waals surface area contributed by atoms with Crippen LogP contribution in [0.3, 0.4) is 0 Å². The Kier molecular flexibility index (Phi) is 3.94. The predicted octanol–water partition coefficient (Wildman–Crippen LogP) is 2.56. The van der Waals surface area contributed by atoms with Crippen molar-refractivity contribution < 1.29 is 14.4 Å². The molecule has 1 aromatic heterocycles. The molecule has 2 aromatic rings. The van der Waals surface area contributed by atoms with Crippen LogP contribution in [0.5, 0.6) is 0 Å². The van der Waals surface area contributed by atoms with Crippen molar-refractivity contribution in [3.05, 3.63) is 36.0 Å². The van der Waals surface area contributed by atoms with Crippen molar-refractivity contribution in [2.24, 2.45) is 0 Å². The van der Waals surface area contributed by atoms with Crippen LogP contribution in [0.1, 0.15) is 49.5 Å². The van der Waals surface area contributed by atoms with Gasteiger partial charge in [-0.25, -0.2) is 4.79 Å². The fraction of sp³-hybridized carbons (Fsp3) is 0.421. The van der Waals surface area contributed by atoms with Crippen molar-refractivity contribution in [1.29, 1.82) is 0 Å². The van der Waals surface area contributed by atoms with Crippen LogP contribution in [-0.4, -0.2) is 33.0 Å². The summed E-state index contributed by atoms with van der Waals surface area (Å²) >= 11 is 0. The van der Waals surface area contributed by atoms with Gasteiger partial charge in [-0.3, -0.25) is 15.0 Å². The van der Waals surface area contributed by atoms with Crippen molar-refractivity contribution in [3.63, 3.8) is 0 Å². The van der Waals surface area contributed by atoms with E-state index in [1.807, 2.05) is 35.8 Å². The third-order valence-electron chi connectivity index (χ3n) is 5.44. The largest absolute Gasteiger partial charge is 0.344 e. The average Bonchev–Trinajstić information content (AvgIpc) is 3.13. The van der Waals surface area contributed by atoms with Crippen LogP contribution in [0.15, 0.2) is 30.3 Å². The Bertz CT molecular complexity index is 895. The molecule has 1 saturated heterocycles. The van der Waals surface area contributed by atoms with Gasteiger partial charge in [-0.2, -0.15) is 5.01 Å². The second-order valence-electron chi connectivity index (χ2n) is 6.99. The number of carbonyl (C=O) groups excluding carboxylic acids is 3. The maximum absolute atomic E-state index is 12.8. The van der Waals surface area contributed by atoms with Crippen LogP contribution in [0, 0.1) is 0 Å². The molecule has 7 nitrogen and oxygen atoms in total. The number of urea groups is 1.